The van der Waals surface area contributed by atoms with Gasteiger partial charge in [-0.3, -0.25) is 0 Å². The molecule has 0 spiro atoms. The Morgan fingerprint density at radius 1 is 1.37 bits per heavy atom. The molecule has 0 bridgehead atoms. The second-order valence-electron chi connectivity index (χ2n) is 3.89. The highest BCUT2D eigenvalue weighted by Gasteiger charge is 2.12. The lowest BCUT2D eigenvalue weighted by atomic mass is 10.2. The minimum Gasteiger partial charge on any atom is -0.476 e. The Morgan fingerprint density at radius 2 is 2.11 bits per heavy atom. The molecular formula is C13H10BrClN2O2. The van der Waals surface area contributed by atoms with E-state index in [1.807, 2.05) is 25.1 Å². The molecule has 6 heteroatoms. The molecule has 0 aliphatic rings. The molecule has 0 fully saturated rings. The average Bonchev–Trinajstić information content (AvgIpc) is 2.37. The normalized spacial score (nSPS) is 10.3. The minimum absolute atomic E-state index is 0.112. The van der Waals surface area contributed by atoms with E-state index < -0.39 is 5.97 Å². The molecule has 2 N–H and O–H groups in total. The van der Waals surface area contributed by atoms with Crippen molar-refractivity contribution in [2.45, 2.75) is 6.92 Å². The first-order valence-electron chi connectivity index (χ1n) is 5.41. The first-order valence-corrected chi connectivity index (χ1v) is 6.58. The van der Waals surface area contributed by atoms with Crippen LogP contribution in [0.4, 0.5) is 11.5 Å². The van der Waals surface area contributed by atoms with Gasteiger partial charge in [0.2, 0.25) is 0 Å². The molecule has 4 nitrogen and oxygen atoms in total. The fourth-order valence-corrected chi connectivity index (χ4v) is 2.09. The molecule has 2 aromatic rings. The van der Waals surface area contributed by atoms with Crippen LogP contribution in [0.5, 0.6) is 0 Å². The van der Waals surface area contributed by atoms with Crippen LogP contribution in [0.3, 0.4) is 0 Å². The van der Waals surface area contributed by atoms with Gasteiger partial charge in [0.15, 0.2) is 5.69 Å². The van der Waals surface area contributed by atoms with Crippen molar-refractivity contribution < 1.29 is 9.90 Å². The largest absolute Gasteiger partial charge is 0.476 e. The molecule has 0 saturated carbocycles. The lowest BCUT2D eigenvalue weighted by Gasteiger charge is -2.10. The summed E-state index contributed by atoms with van der Waals surface area (Å²) >= 11 is 9.24. The van der Waals surface area contributed by atoms with E-state index in [4.69, 9.17) is 16.7 Å². The number of carboxylic acids is 1. The number of carboxylic acid groups (broad SMARTS) is 1. The second-order valence-corrected chi connectivity index (χ2v) is 5.09. The number of carbonyl (C=O) groups is 1. The van der Waals surface area contributed by atoms with Crippen molar-refractivity contribution in [1.82, 2.24) is 4.98 Å². The van der Waals surface area contributed by atoms with Gasteiger partial charge in [0.1, 0.15) is 5.82 Å². The number of hydrogen-bond donors (Lipinski definition) is 2. The number of benzene rings is 1. The predicted molar refractivity (Wildman–Crippen MR) is 78.4 cm³/mol. The number of halogens is 2. The van der Waals surface area contributed by atoms with E-state index in [0.29, 0.717) is 5.82 Å². The van der Waals surface area contributed by atoms with Gasteiger partial charge in [0, 0.05) is 4.47 Å². The fourth-order valence-electron chi connectivity index (χ4n) is 1.54. The Labute approximate surface area is 123 Å². The Balaban J connectivity index is 2.36. The topological polar surface area (TPSA) is 62.2 Å². The fraction of sp³-hybridized carbons (Fsp3) is 0.0769. The molecule has 0 radical (unpaired) electrons. The zero-order valence-corrected chi connectivity index (χ0v) is 12.3. The Morgan fingerprint density at radius 3 is 2.79 bits per heavy atom. The Hall–Kier alpha value is -1.59. The first kappa shape index (κ1) is 13.8. The summed E-state index contributed by atoms with van der Waals surface area (Å²) in [5.74, 6) is -0.731. The van der Waals surface area contributed by atoms with E-state index in [-0.39, 0.29) is 10.7 Å². The summed E-state index contributed by atoms with van der Waals surface area (Å²) in [5.41, 5.74) is 1.71. The number of nitrogens with zero attached hydrogens (tertiary/aromatic N) is 1. The van der Waals surface area contributed by atoms with Crippen molar-refractivity contribution in [3.8, 4) is 0 Å². The van der Waals surface area contributed by atoms with Crippen LogP contribution in [-0.2, 0) is 0 Å². The van der Waals surface area contributed by atoms with Gasteiger partial charge in [-0.25, -0.2) is 9.78 Å². The van der Waals surface area contributed by atoms with Gasteiger partial charge in [-0.15, -0.1) is 0 Å². The number of anilines is 2. The summed E-state index contributed by atoms with van der Waals surface area (Å²) < 4.78 is 0.906. The van der Waals surface area contributed by atoms with E-state index in [2.05, 4.69) is 26.2 Å². The third-order valence-corrected chi connectivity index (χ3v) is 3.86. The average molecular weight is 342 g/mol. The molecule has 0 saturated heterocycles. The predicted octanol–water partition coefficient (Wildman–Crippen LogP) is 4.25. The lowest BCUT2D eigenvalue weighted by molar-refractivity contribution is 0.0691. The number of aryl methyl sites for hydroxylation is 1. The number of nitrogens with one attached hydrogen (secondary N) is 1. The van der Waals surface area contributed by atoms with Crippen molar-refractivity contribution in [2.75, 3.05) is 5.32 Å². The van der Waals surface area contributed by atoms with Crippen molar-refractivity contribution >= 4 is 45.0 Å². The van der Waals surface area contributed by atoms with Crippen LogP contribution in [0.25, 0.3) is 0 Å². The zero-order chi connectivity index (χ0) is 14.0. The van der Waals surface area contributed by atoms with Crippen LogP contribution in [0.2, 0.25) is 5.02 Å². The quantitative estimate of drug-likeness (QED) is 0.876. The van der Waals surface area contributed by atoms with Crippen LogP contribution in [0.15, 0.2) is 34.8 Å². The van der Waals surface area contributed by atoms with Crippen molar-refractivity contribution in [2.24, 2.45) is 0 Å². The maximum absolute atomic E-state index is 11.0. The van der Waals surface area contributed by atoms with E-state index in [9.17, 15) is 4.79 Å². The van der Waals surface area contributed by atoms with Crippen molar-refractivity contribution in [1.29, 1.82) is 0 Å². The molecule has 98 valence electrons. The molecule has 1 aromatic heterocycles. The molecule has 0 aliphatic carbocycles. The van der Waals surface area contributed by atoms with Crippen LogP contribution in [0, 0.1) is 6.92 Å². The monoisotopic (exact) mass is 340 g/mol. The number of hydrogen-bond acceptors (Lipinski definition) is 3. The minimum atomic E-state index is -1.16. The highest BCUT2D eigenvalue weighted by molar-refractivity contribution is 9.10. The smallest absolute Gasteiger partial charge is 0.356 e. The van der Waals surface area contributed by atoms with E-state index in [1.54, 1.807) is 6.07 Å². The van der Waals surface area contributed by atoms with Crippen molar-refractivity contribution in [3.05, 3.63) is 51.1 Å². The summed E-state index contributed by atoms with van der Waals surface area (Å²) in [4.78, 5) is 14.9. The van der Waals surface area contributed by atoms with E-state index in [0.717, 1.165) is 15.7 Å². The lowest BCUT2D eigenvalue weighted by Crippen LogP contribution is -2.04. The summed E-state index contributed by atoms with van der Waals surface area (Å²) in [7, 11) is 0. The van der Waals surface area contributed by atoms with Gasteiger partial charge in [-0.1, -0.05) is 23.7 Å². The van der Waals surface area contributed by atoms with Gasteiger partial charge in [-0.2, -0.15) is 0 Å². The Kier molecular flexibility index (Phi) is 4.07. The maximum Gasteiger partial charge on any atom is 0.356 e. The number of rotatable bonds is 3. The zero-order valence-electron chi connectivity index (χ0n) is 9.95. The van der Waals surface area contributed by atoms with Gasteiger partial charge in [-0.05, 0) is 46.6 Å². The van der Waals surface area contributed by atoms with Crippen molar-refractivity contribution in [3.63, 3.8) is 0 Å². The molecule has 0 unspecified atom stereocenters. The van der Waals surface area contributed by atoms with Crippen LogP contribution >= 0.6 is 27.5 Å². The molecule has 1 heterocycles. The molecule has 1 aromatic carbocycles. The van der Waals surface area contributed by atoms with E-state index >= 15 is 0 Å². The number of aromatic nitrogens is 1. The Bertz CT molecular complexity index is 647. The summed E-state index contributed by atoms with van der Waals surface area (Å²) in [6.07, 6.45) is 0. The highest BCUT2D eigenvalue weighted by atomic mass is 79.9. The van der Waals surface area contributed by atoms with Crippen LogP contribution in [-0.4, -0.2) is 16.1 Å². The third kappa shape index (κ3) is 3.05. The summed E-state index contributed by atoms with van der Waals surface area (Å²) in [6, 6.07) is 8.87. The van der Waals surface area contributed by atoms with E-state index in [1.165, 1.54) is 6.07 Å². The van der Waals surface area contributed by atoms with Gasteiger partial charge in [0.05, 0.1) is 10.7 Å². The number of pyridine rings is 1. The van der Waals surface area contributed by atoms with Gasteiger partial charge < -0.3 is 10.4 Å². The molecule has 0 atom stereocenters. The molecule has 19 heavy (non-hydrogen) atoms. The maximum atomic E-state index is 11.0. The van der Waals surface area contributed by atoms with Gasteiger partial charge >= 0.3 is 5.97 Å². The second kappa shape index (κ2) is 5.59. The molecule has 2 rings (SSSR count). The molecular weight excluding hydrogens is 332 g/mol. The first-order chi connectivity index (χ1) is 8.99. The third-order valence-electron chi connectivity index (χ3n) is 2.50. The number of aromatic carboxylic acids is 1. The van der Waals surface area contributed by atoms with Crippen LogP contribution < -0.4 is 5.32 Å². The molecule has 0 amide bonds. The summed E-state index contributed by atoms with van der Waals surface area (Å²) in [5, 5.41) is 12.1. The SMILES string of the molecule is Cc1cccc(Nc2ccc(Cl)c(C(=O)O)n2)c1Br. The standard InChI is InChI=1S/C13H10BrClN2O2/c1-7-3-2-4-9(11(7)14)16-10-6-5-8(15)12(17-10)13(18)19/h2-6H,1H3,(H,16,17)(H,18,19). The van der Waals surface area contributed by atoms with Gasteiger partial charge in [0.25, 0.3) is 0 Å². The molecule has 0 aliphatic heterocycles. The summed E-state index contributed by atoms with van der Waals surface area (Å²) in [6.45, 7) is 1.97. The van der Waals surface area contributed by atoms with Crippen LogP contribution in [0.1, 0.15) is 16.1 Å². The highest BCUT2D eigenvalue weighted by Crippen LogP contribution is 2.28.